The molecule has 0 aliphatic rings. The number of nitrogens with zero attached hydrogens (tertiary/aromatic N) is 2. The van der Waals surface area contributed by atoms with Crippen molar-refractivity contribution in [3.8, 4) is 5.88 Å². The van der Waals surface area contributed by atoms with Crippen LogP contribution in [0.5, 0.6) is 5.88 Å². The Morgan fingerprint density at radius 2 is 2.08 bits per heavy atom. The van der Waals surface area contributed by atoms with E-state index in [1.54, 1.807) is 18.2 Å². The van der Waals surface area contributed by atoms with Crippen molar-refractivity contribution >= 4 is 56.3 Å². The Balaban J connectivity index is 1.96. The van der Waals surface area contributed by atoms with Gasteiger partial charge in [-0.05, 0) is 37.6 Å². The van der Waals surface area contributed by atoms with E-state index in [-0.39, 0.29) is 5.91 Å². The van der Waals surface area contributed by atoms with Crippen LogP contribution in [0.25, 0.3) is 10.2 Å². The highest BCUT2D eigenvalue weighted by Crippen LogP contribution is 2.35. The number of nitrogens with one attached hydrogen (secondary N) is 1. The van der Waals surface area contributed by atoms with E-state index in [4.69, 9.17) is 27.9 Å². The fourth-order valence-electron chi connectivity index (χ4n) is 2.26. The standard InChI is InChI=1S/C16H13Cl2N3O2S/c1-3-23-15-12-8(2)13(24-16(12)20-7-19-15)14(22)21-9-4-5-10(17)11(18)6-9/h4-7H,3H2,1-2H3,(H,21,22). The molecule has 0 atom stereocenters. The lowest BCUT2D eigenvalue weighted by molar-refractivity contribution is 0.103. The highest BCUT2D eigenvalue weighted by Gasteiger charge is 2.20. The third kappa shape index (κ3) is 3.17. The number of hydrogen-bond donors (Lipinski definition) is 1. The van der Waals surface area contributed by atoms with E-state index >= 15 is 0 Å². The van der Waals surface area contributed by atoms with Crippen LogP contribution in [-0.4, -0.2) is 22.5 Å². The smallest absolute Gasteiger partial charge is 0.266 e. The van der Waals surface area contributed by atoms with Gasteiger partial charge in [0.2, 0.25) is 5.88 Å². The second kappa shape index (κ2) is 6.93. The van der Waals surface area contributed by atoms with Gasteiger partial charge in [-0.25, -0.2) is 9.97 Å². The second-order valence-electron chi connectivity index (χ2n) is 4.93. The van der Waals surface area contributed by atoms with E-state index in [9.17, 15) is 4.79 Å². The lowest BCUT2D eigenvalue weighted by Crippen LogP contribution is -2.11. The third-order valence-electron chi connectivity index (χ3n) is 3.36. The van der Waals surface area contributed by atoms with Gasteiger partial charge in [-0.2, -0.15) is 0 Å². The molecule has 0 aliphatic carbocycles. The maximum atomic E-state index is 12.6. The summed E-state index contributed by atoms with van der Waals surface area (Å²) >= 11 is 13.2. The highest BCUT2D eigenvalue weighted by molar-refractivity contribution is 7.20. The monoisotopic (exact) mass is 381 g/mol. The number of fused-ring (bicyclic) bond motifs is 1. The van der Waals surface area contributed by atoms with Crippen LogP contribution in [0.4, 0.5) is 5.69 Å². The Bertz CT molecular complexity index is 927. The van der Waals surface area contributed by atoms with Crippen molar-refractivity contribution in [3.05, 3.63) is 45.0 Å². The number of thiophene rings is 1. The molecule has 0 saturated heterocycles. The summed E-state index contributed by atoms with van der Waals surface area (Å²) in [6.07, 6.45) is 1.43. The van der Waals surface area contributed by atoms with Gasteiger partial charge in [0.05, 0.1) is 26.9 Å². The molecule has 0 bridgehead atoms. The average Bonchev–Trinajstić information content (AvgIpc) is 2.89. The molecule has 0 unspecified atom stereocenters. The first kappa shape index (κ1) is 17.0. The number of carbonyl (C=O) groups is 1. The SMILES string of the molecule is CCOc1ncnc2sc(C(=O)Nc3ccc(Cl)c(Cl)c3)c(C)c12. The summed E-state index contributed by atoms with van der Waals surface area (Å²) in [4.78, 5) is 22.2. The van der Waals surface area contributed by atoms with Crippen molar-refractivity contribution in [1.29, 1.82) is 0 Å². The molecule has 1 aromatic carbocycles. The maximum Gasteiger partial charge on any atom is 0.266 e. The van der Waals surface area contributed by atoms with E-state index < -0.39 is 0 Å². The second-order valence-corrected chi connectivity index (χ2v) is 6.74. The van der Waals surface area contributed by atoms with Crippen molar-refractivity contribution in [2.45, 2.75) is 13.8 Å². The van der Waals surface area contributed by atoms with Gasteiger partial charge in [-0.3, -0.25) is 4.79 Å². The lowest BCUT2D eigenvalue weighted by Gasteiger charge is -2.06. The lowest BCUT2D eigenvalue weighted by atomic mass is 10.2. The molecule has 8 heteroatoms. The summed E-state index contributed by atoms with van der Waals surface area (Å²) in [7, 11) is 0. The predicted molar refractivity (Wildman–Crippen MR) is 97.7 cm³/mol. The molecule has 0 saturated carbocycles. The van der Waals surface area contributed by atoms with Gasteiger partial charge in [-0.1, -0.05) is 23.2 Å². The van der Waals surface area contributed by atoms with Crippen LogP contribution in [0.1, 0.15) is 22.2 Å². The third-order valence-corrected chi connectivity index (χ3v) is 5.29. The number of rotatable bonds is 4. The number of carbonyl (C=O) groups excluding carboxylic acids is 1. The fourth-order valence-corrected chi connectivity index (χ4v) is 3.60. The molecule has 0 aliphatic heterocycles. The molecule has 3 rings (SSSR count). The molecule has 124 valence electrons. The molecule has 2 heterocycles. The number of anilines is 1. The minimum atomic E-state index is -0.240. The topological polar surface area (TPSA) is 64.1 Å². The molecule has 0 spiro atoms. The van der Waals surface area contributed by atoms with Gasteiger partial charge in [0.15, 0.2) is 0 Å². The van der Waals surface area contributed by atoms with Crippen LogP contribution in [0.15, 0.2) is 24.5 Å². The summed E-state index contributed by atoms with van der Waals surface area (Å²) < 4.78 is 5.53. The Hall–Kier alpha value is -1.89. The highest BCUT2D eigenvalue weighted by atomic mass is 35.5. The molecule has 0 fully saturated rings. The van der Waals surface area contributed by atoms with Crippen LogP contribution >= 0.6 is 34.5 Å². The first-order valence-corrected chi connectivity index (χ1v) is 8.71. The Morgan fingerprint density at radius 1 is 1.29 bits per heavy atom. The molecule has 24 heavy (non-hydrogen) atoms. The largest absolute Gasteiger partial charge is 0.477 e. The first-order valence-electron chi connectivity index (χ1n) is 7.14. The van der Waals surface area contributed by atoms with Gasteiger partial charge in [0.25, 0.3) is 5.91 Å². The quantitative estimate of drug-likeness (QED) is 0.693. The first-order chi connectivity index (χ1) is 11.5. The number of amides is 1. The number of ether oxygens (including phenoxy) is 1. The van der Waals surface area contributed by atoms with Crippen LogP contribution in [0.2, 0.25) is 10.0 Å². The summed E-state index contributed by atoms with van der Waals surface area (Å²) in [5.74, 6) is 0.251. The molecule has 2 aromatic heterocycles. The zero-order valence-electron chi connectivity index (χ0n) is 12.9. The van der Waals surface area contributed by atoms with Gasteiger partial charge in [-0.15, -0.1) is 11.3 Å². The molecular formula is C16H13Cl2N3O2S. The van der Waals surface area contributed by atoms with Crippen LogP contribution in [0.3, 0.4) is 0 Å². The minimum absolute atomic E-state index is 0.240. The van der Waals surface area contributed by atoms with Gasteiger partial charge >= 0.3 is 0 Å². The van der Waals surface area contributed by atoms with Gasteiger partial charge in [0.1, 0.15) is 11.2 Å². The van der Waals surface area contributed by atoms with Gasteiger partial charge in [0, 0.05) is 5.69 Å². The van der Waals surface area contributed by atoms with Crippen molar-refractivity contribution in [2.75, 3.05) is 11.9 Å². The molecular weight excluding hydrogens is 369 g/mol. The zero-order chi connectivity index (χ0) is 17.3. The molecule has 5 nitrogen and oxygen atoms in total. The van der Waals surface area contributed by atoms with Crippen molar-refractivity contribution in [3.63, 3.8) is 0 Å². The van der Waals surface area contributed by atoms with Crippen molar-refractivity contribution in [1.82, 2.24) is 9.97 Å². The average molecular weight is 382 g/mol. The summed E-state index contributed by atoms with van der Waals surface area (Å²) in [6, 6.07) is 4.94. The van der Waals surface area contributed by atoms with Crippen LogP contribution in [0, 0.1) is 6.92 Å². The molecule has 1 amide bonds. The normalized spacial score (nSPS) is 10.8. The number of benzene rings is 1. The minimum Gasteiger partial charge on any atom is -0.477 e. The number of aromatic nitrogens is 2. The molecule has 3 aromatic rings. The number of halogens is 2. The van der Waals surface area contributed by atoms with E-state index in [1.807, 2.05) is 13.8 Å². The zero-order valence-corrected chi connectivity index (χ0v) is 15.2. The molecule has 0 radical (unpaired) electrons. The van der Waals surface area contributed by atoms with E-state index in [0.717, 1.165) is 10.9 Å². The Morgan fingerprint density at radius 3 is 2.79 bits per heavy atom. The maximum absolute atomic E-state index is 12.6. The van der Waals surface area contributed by atoms with Crippen molar-refractivity contribution in [2.24, 2.45) is 0 Å². The van der Waals surface area contributed by atoms with Crippen LogP contribution < -0.4 is 10.1 Å². The fraction of sp³-hybridized carbons (Fsp3) is 0.188. The Kier molecular flexibility index (Phi) is 4.89. The number of hydrogen-bond acceptors (Lipinski definition) is 5. The number of aryl methyl sites for hydroxylation is 1. The summed E-state index contributed by atoms with van der Waals surface area (Å²) in [5.41, 5.74) is 1.36. The van der Waals surface area contributed by atoms with E-state index in [0.29, 0.717) is 37.9 Å². The van der Waals surface area contributed by atoms with Crippen LogP contribution in [-0.2, 0) is 0 Å². The predicted octanol–water partition coefficient (Wildman–Crippen LogP) is 4.96. The van der Waals surface area contributed by atoms with E-state index in [2.05, 4.69) is 15.3 Å². The van der Waals surface area contributed by atoms with Crippen molar-refractivity contribution < 1.29 is 9.53 Å². The van der Waals surface area contributed by atoms with Gasteiger partial charge < -0.3 is 10.1 Å². The Labute approximate surface area is 152 Å². The van der Waals surface area contributed by atoms with E-state index in [1.165, 1.54) is 17.7 Å². The molecule has 1 N–H and O–H groups in total. The summed E-state index contributed by atoms with van der Waals surface area (Å²) in [6.45, 7) is 4.23. The summed E-state index contributed by atoms with van der Waals surface area (Å²) in [5, 5.41) is 4.40.